The van der Waals surface area contributed by atoms with Crippen LogP contribution in [-0.2, 0) is 14.8 Å². The Balaban J connectivity index is 1.97. The van der Waals surface area contributed by atoms with Gasteiger partial charge in [-0.3, -0.25) is 4.79 Å². The highest BCUT2D eigenvalue weighted by Crippen LogP contribution is 2.35. The minimum Gasteiger partial charge on any atom is -0.496 e. The average molecular weight is 368 g/mol. The van der Waals surface area contributed by atoms with Gasteiger partial charge in [0.25, 0.3) is 5.91 Å². The molecule has 0 aromatic heterocycles. The Morgan fingerprint density at radius 3 is 2.44 bits per heavy atom. The Morgan fingerprint density at radius 1 is 1.28 bits per heavy atom. The third-order valence-corrected chi connectivity index (χ3v) is 6.98. The topological polar surface area (TPSA) is 76.2 Å². The number of benzene rings is 1. The Hall–Kier alpha value is -1.64. The molecule has 0 radical (unpaired) electrons. The van der Waals surface area contributed by atoms with Gasteiger partial charge >= 0.3 is 0 Å². The zero-order valence-electron chi connectivity index (χ0n) is 14.8. The number of amides is 1. The molecule has 0 aliphatic carbocycles. The van der Waals surface area contributed by atoms with E-state index in [0.29, 0.717) is 32.1 Å². The van der Waals surface area contributed by atoms with Crippen LogP contribution in [0, 0.1) is 0 Å². The molecular formula is C17H24N2O5S. The third kappa shape index (κ3) is 3.02. The van der Waals surface area contributed by atoms with Crippen LogP contribution in [0.2, 0.25) is 0 Å². The fourth-order valence-corrected chi connectivity index (χ4v) is 5.02. The molecule has 2 atom stereocenters. The molecule has 8 heteroatoms. The smallest absolute Gasteiger partial charge is 0.258 e. The normalized spacial score (nSPS) is 22.6. The summed E-state index contributed by atoms with van der Waals surface area (Å²) < 4.78 is 37.6. The molecular weight excluding hydrogens is 344 g/mol. The molecule has 2 aliphatic heterocycles. The highest BCUT2D eigenvalue weighted by atomic mass is 32.2. The lowest BCUT2D eigenvalue weighted by Crippen LogP contribution is -2.65. The van der Waals surface area contributed by atoms with E-state index in [1.54, 1.807) is 24.8 Å². The number of morpholine rings is 1. The molecule has 2 saturated heterocycles. The molecule has 2 heterocycles. The fraction of sp³-hybridized carbons (Fsp3) is 0.588. The second-order valence-corrected chi connectivity index (χ2v) is 8.18. The summed E-state index contributed by atoms with van der Waals surface area (Å²) in [5.41, 5.74) is 0.285. The van der Waals surface area contributed by atoms with E-state index < -0.39 is 10.0 Å². The van der Waals surface area contributed by atoms with E-state index >= 15 is 0 Å². The van der Waals surface area contributed by atoms with Crippen LogP contribution in [0.5, 0.6) is 5.75 Å². The predicted molar refractivity (Wildman–Crippen MR) is 92.3 cm³/mol. The van der Waals surface area contributed by atoms with E-state index in [1.807, 2.05) is 0 Å². The number of carbonyl (C=O) groups excluding carboxylic acids is 1. The lowest BCUT2D eigenvalue weighted by molar-refractivity contribution is -0.104. The molecule has 0 spiro atoms. The van der Waals surface area contributed by atoms with Crippen LogP contribution in [0.25, 0.3) is 0 Å². The summed E-state index contributed by atoms with van der Waals surface area (Å²) in [4.78, 5) is 14.9. The van der Waals surface area contributed by atoms with Gasteiger partial charge in [0.2, 0.25) is 10.0 Å². The van der Waals surface area contributed by atoms with Gasteiger partial charge < -0.3 is 14.4 Å². The van der Waals surface area contributed by atoms with Gasteiger partial charge in [0.05, 0.1) is 42.9 Å². The van der Waals surface area contributed by atoms with Crippen LogP contribution < -0.4 is 4.74 Å². The van der Waals surface area contributed by atoms with Crippen LogP contribution in [0.15, 0.2) is 23.1 Å². The molecule has 138 valence electrons. The largest absolute Gasteiger partial charge is 0.496 e. The first kappa shape index (κ1) is 18.2. The van der Waals surface area contributed by atoms with E-state index in [4.69, 9.17) is 9.47 Å². The molecule has 25 heavy (non-hydrogen) atoms. The number of hydrogen-bond donors (Lipinski definition) is 0. The van der Waals surface area contributed by atoms with Gasteiger partial charge in [0.1, 0.15) is 5.75 Å². The number of hydrogen-bond acceptors (Lipinski definition) is 5. The Bertz CT molecular complexity index is 746. The molecule has 1 amide bonds. The minimum atomic E-state index is -3.63. The number of sulfonamides is 1. The zero-order valence-corrected chi connectivity index (χ0v) is 15.6. The molecule has 0 N–H and O–H groups in total. The van der Waals surface area contributed by atoms with Crippen molar-refractivity contribution in [2.24, 2.45) is 0 Å². The fourth-order valence-electron chi connectivity index (χ4n) is 3.54. The summed E-state index contributed by atoms with van der Waals surface area (Å²) in [5, 5.41) is 0. The van der Waals surface area contributed by atoms with Gasteiger partial charge in [-0.05, 0) is 24.6 Å². The van der Waals surface area contributed by atoms with Crippen molar-refractivity contribution in [2.45, 2.75) is 37.2 Å². The van der Waals surface area contributed by atoms with Crippen LogP contribution in [0.1, 0.15) is 30.6 Å². The van der Waals surface area contributed by atoms with Crippen LogP contribution in [0.4, 0.5) is 0 Å². The van der Waals surface area contributed by atoms with Gasteiger partial charge in [-0.2, -0.15) is 4.31 Å². The maximum absolute atomic E-state index is 13.0. The standard InChI is InChI=1S/C17H24N2O5S/c1-4-18(5-2)25(21,22)14-6-7-16(23-3)15(9-14)17(20)19-12-8-13(19)11-24-10-12/h6-7,9,12-13H,4-5,8,10-11H2,1-3H3. The van der Waals surface area contributed by atoms with Gasteiger partial charge in [-0.25, -0.2) is 8.42 Å². The highest BCUT2D eigenvalue weighted by Gasteiger charge is 2.46. The number of fused-ring (bicyclic) bond motifs is 2. The molecule has 0 saturated carbocycles. The molecule has 1 aromatic carbocycles. The quantitative estimate of drug-likeness (QED) is 0.757. The van der Waals surface area contributed by atoms with Crippen molar-refractivity contribution in [3.63, 3.8) is 0 Å². The number of methoxy groups -OCH3 is 1. The van der Waals surface area contributed by atoms with Crippen LogP contribution >= 0.6 is 0 Å². The van der Waals surface area contributed by atoms with Gasteiger partial charge in [0.15, 0.2) is 0 Å². The van der Waals surface area contributed by atoms with Gasteiger partial charge in [-0.15, -0.1) is 0 Å². The molecule has 2 unspecified atom stereocenters. The number of nitrogens with zero attached hydrogens (tertiary/aromatic N) is 2. The van der Waals surface area contributed by atoms with Crippen molar-refractivity contribution in [2.75, 3.05) is 33.4 Å². The Morgan fingerprint density at radius 2 is 1.92 bits per heavy atom. The van der Waals surface area contributed by atoms with Crippen molar-refractivity contribution in [3.8, 4) is 5.75 Å². The van der Waals surface area contributed by atoms with E-state index in [9.17, 15) is 13.2 Å². The summed E-state index contributed by atoms with van der Waals surface area (Å²) in [6.07, 6.45) is 0.936. The van der Waals surface area contributed by atoms with Crippen LogP contribution in [0.3, 0.4) is 0 Å². The Labute approximate surface area is 148 Å². The average Bonchev–Trinajstić information content (AvgIpc) is 2.62. The maximum Gasteiger partial charge on any atom is 0.258 e. The summed E-state index contributed by atoms with van der Waals surface area (Å²) in [6, 6.07) is 4.61. The lowest BCUT2D eigenvalue weighted by Gasteiger charge is -2.52. The number of carbonyl (C=O) groups is 1. The molecule has 2 aliphatic rings. The van der Waals surface area contributed by atoms with Crippen molar-refractivity contribution in [1.29, 1.82) is 0 Å². The van der Waals surface area contributed by atoms with Crippen molar-refractivity contribution in [3.05, 3.63) is 23.8 Å². The van der Waals surface area contributed by atoms with Crippen molar-refractivity contribution >= 4 is 15.9 Å². The second kappa shape index (κ2) is 6.93. The maximum atomic E-state index is 13.0. The molecule has 1 aromatic rings. The van der Waals surface area contributed by atoms with Crippen molar-refractivity contribution < 1.29 is 22.7 Å². The number of rotatable bonds is 6. The van der Waals surface area contributed by atoms with Gasteiger partial charge in [-0.1, -0.05) is 13.8 Å². The zero-order chi connectivity index (χ0) is 18.2. The molecule has 2 fully saturated rings. The molecule has 7 nitrogen and oxygen atoms in total. The SMILES string of the molecule is CCN(CC)S(=O)(=O)c1ccc(OC)c(C(=O)N2C3COCC2C3)c1. The van der Waals surface area contributed by atoms with Crippen LogP contribution in [-0.4, -0.2) is 69.0 Å². The summed E-state index contributed by atoms with van der Waals surface area (Å²) in [7, 11) is -2.16. The minimum absolute atomic E-state index is 0.0685. The van der Waals surface area contributed by atoms with E-state index in [-0.39, 0.29) is 28.4 Å². The number of ether oxygens (including phenoxy) is 2. The second-order valence-electron chi connectivity index (χ2n) is 6.24. The van der Waals surface area contributed by atoms with E-state index in [2.05, 4.69) is 0 Å². The lowest BCUT2D eigenvalue weighted by atomic mass is 9.90. The first-order valence-corrected chi connectivity index (χ1v) is 9.96. The summed E-state index contributed by atoms with van der Waals surface area (Å²) in [5.74, 6) is 0.187. The summed E-state index contributed by atoms with van der Waals surface area (Å²) >= 11 is 0. The molecule has 2 bridgehead atoms. The first-order chi connectivity index (χ1) is 11.9. The van der Waals surface area contributed by atoms with E-state index in [1.165, 1.54) is 23.5 Å². The first-order valence-electron chi connectivity index (χ1n) is 8.52. The third-order valence-electron chi connectivity index (χ3n) is 4.93. The monoisotopic (exact) mass is 368 g/mol. The highest BCUT2D eigenvalue weighted by molar-refractivity contribution is 7.89. The van der Waals surface area contributed by atoms with Gasteiger partial charge in [0, 0.05) is 13.1 Å². The Kier molecular flexibility index (Phi) is 5.04. The predicted octanol–water partition coefficient (Wildman–Crippen LogP) is 1.34. The molecule has 3 rings (SSSR count). The van der Waals surface area contributed by atoms with Crippen molar-refractivity contribution in [1.82, 2.24) is 9.21 Å². The summed E-state index contributed by atoms with van der Waals surface area (Å²) in [6.45, 7) is 5.39. The van der Waals surface area contributed by atoms with E-state index in [0.717, 1.165) is 6.42 Å².